The van der Waals surface area contributed by atoms with Crippen LogP contribution in [-0.2, 0) is 9.53 Å². The molecule has 6 heteroatoms. The molecule has 126 valence electrons. The molecule has 2 fully saturated rings. The molecule has 0 aliphatic heterocycles. The Morgan fingerprint density at radius 3 is 2.78 bits per heavy atom. The molecule has 2 amide bonds. The maximum atomic E-state index is 12.1. The van der Waals surface area contributed by atoms with E-state index in [2.05, 4.69) is 10.6 Å². The highest BCUT2D eigenvalue weighted by Gasteiger charge is 2.59. The van der Waals surface area contributed by atoms with E-state index < -0.39 is 0 Å². The summed E-state index contributed by atoms with van der Waals surface area (Å²) in [5.41, 5.74) is 0.602. The van der Waals surface area contributed by atoms with E-state index in [4.69, 9.17) is 9.15 Å². The van der Waals surface area contributed by atoms with Crippen molar-refractivity contribution in [3.63, 3.8) is 0 Å². The molecule has 2 saturated carbocycles. The molecule has 2 aliphatic carbocycles. The number of carbonyl (C=O) groups is 2. The third-order valence-corrected chi connectivity index (χ3v) is 5.29. The minimum atomic E-state index is -0.287. The third-order valence-electron chi connectivity index (χ3n) is 5.29. The predicted molar refractivity (Wildman–Crippen MR) is 84.0 cm³/mol. The van der Waals surface area contributed by atoms with E-state index in [-0.39, 0.29) is 35.9 Å². The molecule has 3 rings (SSSR count). The lowest BCUT2D eigenvalue weighted by Gasteiger charge is -2.61. The Balaban J connectivity index is 1.47. The standard InChI is InChI=1S/C17H24N2O4/c1-3-22-14-9-13(17(14)6-4-7-17)19-15(20)10-18-16(21)12-5-8-23-11(12)2/h5,8,13-14H,3-4,6-7,9-10H2,1-2H3,(H,18,21)(H,19,20)/t13-,14-/m1/s1. The Bertz CT molecular complexity index is 591. The number of amides is 2. The molecular weight excluding hydrogens is 296 g/mol. The van der Waals surface area contributed by atoms with Gasteiger partial charge in [-0.2, -0.15) is 0 Å². The highest BCUT2D eigenvalue weighted by atomic mass is 16.5. The van der Waals surface area contributed by atoms with Gasteiger partial charge in [-0.1, -0.05) is 6.42 Å². The van der Waals surface area contributed by atoms with Crippen LogP contribution in [0, 0.1) is 12.3 Å². The first kappa shape index (κ1) is 16.1. The third kappa shape index (κ3) is 2.87. The molecule has 1 aromatic rings. The van der Waals surface area contributed by atoms with Crippen LogP contribution in [-0.4, -0.2) is 37.1 Å². The molecule has 1 aromatic heterocycles. The number of nitrogens with one attached hydrogen (secondary N) is 2. The molecule has 23 heavy (non-hydrogen) atoms. The van der Waals surface area contributed by atoms with E-state index in [9.17, 15) is 9.59 Å². The average Bonchev–Trinajstić information content (AvgIpc) is 2.88. The van der Waals surface area contributed by atoms with Crippen LogP contribution in [0.5, 0.6) is 0 Å². The summed E-state index contributed by atoms with van der Waals surface area (Å²) < 4.78 is 10.9. The predicted octanol–water partition coefficient (Wildman–Crippen LogP) is 1.78. The van der Waals surface area contributed by atoms with Gasteiger partial charge < -0.3 is 19.8 Å². The number of furan rings is 1. The van der Waals surface area contributed by atoms with Crippen LogP contribution >= 0.6 is 0 Å². The molecule has 0 radical (unpaired) electrons. The van der Waals surface area contributed by atoms with Gasteiger partial charge in [0.1, 0.15) is 5.76 Å². The summed E-state index contributed by atoms with van der Waals surface area (Å²) in [6.07, 6.45) is 6.04. The smallest absolute Gasteiger partial charge is 0.255 e. The Kier molecular flexibility index (Phi) is 4.43. The van der Waals surface area contributed by atoms with E-state index in [1.54, 1.807) is 13.0 Å². The zero-order chi connectivity index (χ0) is 16.4. The topological polar surface area (TPSA) is 80.6 Å². The van der Waals surface area contributed by atoms with Crippen molar-refractivity contribution in [3.8, 4) is 0 Å². The van der Waals surface area contributed by atoms with Gasteiger partial charge in [0.2, 0.25) is 5.91 Å². The molecule has 6 nitrogen and oxygen atoms in total. The van der Waals surface area contributed by atoms with Crippen LogP contribution in [0.25, 0.3) is 0 Å². The van der Waals surface area contributed by atoms with Crippen molar-refractivity contribution in [1.82, 2.24) is 10.6 Å². The van der Waals surface area contributed by atoms with E-state index in [1.807, 2.05) is 6.92 Å². The summed E-state index contributed by atoms with van der Waals surface area (Å²) in [4.78, 5) is 24.1. The number of hydrogen-bond donors (Lipinski definition) is 2. The number of aryl methyl sites for hydroxylation is 1. The van der Waals surface area contributed by atoms with Gasteiger partial charge in [-0.25, -0.2) is 0 Å². The fourth-order valence-electron chi connectivity index (χ4n) is 3.76. The van der Waals surface area contributed by atoms with Gasteiger partial charge in [-0.05, 0) is 39.2 Å². The van der Waals surface area contributed by atoms with Crippen molar-refractivity contribution in [2.75, 3.05) is 13.2 Å². The van der Waals surface area contributed by atoms with Crippen LogP contribution in [0.4, 0.5) is 0 Å². The lowest BCUT2D eigenvalue weighted by molar-refractivity contribution is -0.175. The minimum absolute atomic E-state index is 0.0185. The van der Waals surface area contributed by atoms with Crippen LogP contribution in [0.2, 0.25) is 0 Å². The Labute approximate surface area is 135 Å². The number of carbonyl (C=O) groups excluding carboxylic acids is 2. The molecule has 2 aliphatic rings. The van der Waals surface area contributed by atoms with E-state index in [0.717, 1.165) is 19.3 Å². The number of hydrogen-bond acceptors (Lipinski definition) is 4. The first-order valence-corrected chi connectivity index (χ1v) is 8.30. The zero-order valence-corrected chi connectivity index (χ0v) is 13.7. The zero-order valence-electron chi connectivity index (χ0n) is 13.7. The minimum Gasteiger partial charge on any atom is -0.469 e. The van der Waals surface area contributed by atoms with E-state index >= 15 is 0 Å². The summed E-state index contributed by atoms with van der Waals surface area (Å²) in [7, 11) is 0. The summed E-state index contributed by atoms with van der Waals surface area (Å²) >= 11 is 0. The van der Waals surface area contributed by atoms with Crippen LogP contribution in [0.15, 0.2) is 16.7 Å². The fourth-order valence-corrected chi connectivity index (χ4v) is 3.76. The second-order valence-corrected chi connectivity index (χ2v) is 6.46. The van der Waals surface area contributed by atoms with E-state index in [1.165, 1.54) is 12.7 Å². The van der Waals surface area contributed by atoms with Gasteiger partial charge >= 0.3 is 0 Å². The second-order valence-electron chi connectivity index (χ2n) is 6.46. The van der Waals surface area contributed by atoms with Crippen molar-refractivity contribution >= 4 is 11.8 Å². The summed E-state index contributed by atoms with van der Waals surface area (Å²) in [5, 5.41) is 5.69. The maximum Gasteiger partial charge on any atom is 0.255 e. The van der Waals surface area contributed by atoms with Gasteiger partial charge in [0.25, 0.3) is 5.91 Å². The monoisotopic (exact) mass is 320 g/mol. The quantitative estimate of drug-likeness (QED) is 0.837. The molecule has 0 unspecified atom stereocenters. The van der Waals surface area contributed by atoms with Gasteiger partial charge in [0, 0.05) is 18.1 Å². The fraction of sp³-hybridized carbons (Fsp3) is 0.647. The molecule has 2 N–H and O–H groups in total. The highest BCUT2D eigenvalue weighted by Crippen LogP contribution is 2.57. The second kappa shape index (κ2) is 6.35. The van der Waals surface area contributed by atoms with Crippen molar-refractivity contribution in [1.29, 1.82) is 0 Å². The normalized spacial score (nSPS) is 24.6. The lowest BCUT2D eigenvalue weighted by atomic mass is 9.51. The number of rotatable bonds is 6. The van der Waals surface area contributed by atoms with Gasteiger partial charge in [0.15, 0.2) is 0 Å². The molecule has 0 aromatic carbocycles. The number of ether oxygens (including phenoxy) is 1. The lowest BCUT2D eigenvalue weighted by Crippen LogP contribution is -2.68. The molecule has 0 saturated heterocycles. The van der Waals surface area contributed by atoms with Crippen molar-refractivity contribution < 1.29 is 18.7 Å². The van der Waals surface area contributed by atoms with Gasteiger partial charge in [0.05, 0.1) is 24.5 Å². The highest BCUT2D eigenvalue weighted by molar-refractivity contribution is 5.97. The molecule has 2 atom stereocenters. The first-order chi connectivity index (χ1) is 11.1. The Hall–Kier alpha value is -1.82. The summed E-state index contributed by atoms with van der Waals surface area (Å²) in [6.45, 7) is 4.42. The van der Waals surface area contributed by atoms with Crippen molar-refractivity contribution in [3.05, 3.63) is 23.7 Å². The first-order valence-electron chi connectivity index (χ1n) is 8.30. The van der Waals surface area contributed by atoms with Crippen molar-refractivity contribution in [2.45, 2.75) is 51.7 Å². The molecule has 0 bridgehead atoms. The summed E-state index contributed by atoms with van der Waals surface area (Å²) in [5.74, 6) is 0.117. The largest absolute Gasteiger partial charge is 0.469 e. The average molecular weight is 320 g/mol. The molecular formula is C17H24N2O4. The SMILES string of the molecule is CCO[C@@H]1C[C@@H](NC(=O)CNC(=O)c2ccoc2C)C12CCC2. The maximum absolute atomic E-state index is 12.1. The van der Waals surface area contributed by atoms with Crippen LogP contribution in [0.3, 0.4) is 0 Å². The van der Waals surface area contributed by atoms with Gasteiger partial charge in [-0.15, -0.1) is 0 Å². The van der Waals surface area contributed by atoms with Gasteiger partial charge in [-0.3, -0.25) is 9.59 Å². The molecule has 1 heterocycles. The summed E-state index contributed by atoms with van der Waals surface area (Å²) in [6, 6.07) is 1.78. The van der Waals surface area contributed by atoms with E-state index in [0.29, 0.717) is 17.9 Å². The van der Waals surface area contributed by atoms with Crippen LogP contribution < -0.4 is 10.6 Å². The Morgan fingerprint density at radius 1 is 1.43 bits per heavy atom. The molecule has 1 spiro atoms. The van der Waals surface area contributed by atoms with Crippen LogP contribution in [0.1, 0.15) is 48.7 Å². The van der Waals surface area contributed by atoms with Crippen molar-refractivity contribution in [2.24, 2.45) is 5.41 Å². The Morgan fingerprint density at radius 2 is 2.22 bits per heavy atom.